The molecule has 0 aliphatic carbocycles. The van der Waals surface area contributed by atoms with Crippen molar-refractivity contribution in [3.8, 4) is 0 Å². The first-order valence-electron chi connectivity index (χ1n) is 5.63. The molecule has 0 bridgehead atoms. The molecule has 0 saturated heterocycles. The molecule has 0 saturated carbocycles. The Balaban J connectivity index is 0. The predicted molar refractivity (Wildman–Crippen MR) is 88.9 cm³/mol. The second-order valence-electron chi connectivity index (χ2n) is 4.01. The van der Waals surface area contributed by atoms with Gasteiger partial charge < -0.3 is 15.4 Å². The van der Waals surface area contributed by atoms with Gasteiger partial charge in [-0.3, -0.25) is 4.99 Å². The van der Waals surface area contributed by atoms with E-state index < -0.39 is 0 Å². The third kappa shape index (κ3) is 11.1. The highest BCUT2D eigenvalue weighted by molar-refractivity contribution is 14.0. The number of nitrogens with one attached hydrogen (secondary N) is 2. The van der Waals surface area contributed by atoms with Crippen LogP contribution in [0.25, 0.3) is 0 Å². The summed E-state index contributed by atoms with van der Waals surface area (Å²) < 4.78 is 5.47. The van der Waals surface area contributed by atoms with Gasteiger partial charge in [0.2, 0.25) is 0 Å². The number of ether oxygens (including phenoxy) is 1. The highest BCUT2D eigenvalue weighted by Crippen LogP contribution is 2.19. The zero-order chi connectivity index (χ0) is 12.4. The number of nitrogens with zero attached hydrogens (tertiary/aromatic N) is 1. The smallest absolute Gasteiger partial charge is 0.191 e. The molecule has 0 aromatic carbocycles. The van der Waals surface area contributed by atoms with E-state index in [-0.39, 0.29) is 28.7 Å². The maximum atomic E-state index is 5.25. The molecule has 0 unspecified atom stereocenters. The maximum Gasteiger partial charge on any atom is 0.191 e. The molecule has 0 aromatic rings. The van der Waals surface area contributed by atoms with Crippen LogP contribution in [-0.4, -0.2) is 50.3 Å². The second-order valence-corrected chi connectivity index (χ2v) is 5.53. The maximum absolute atomic E-state index is 5.25. The lowest BCUT2D eigenvalue weighted by atomic mass is 10.2. The van der Waals surface area contributed by atoms with Crippen molar-refractivity contribution in [2.24, 2.45) is 4.99 Å². The minimum absolute atomic E-state index is 0. The molecular formula is C11H26IN3OS. The third-order valence-corrected chi connectivity index (χ3v) is 3.45. The molecule has 17 heavy (non-hydrogen) atoms. The van der Waals surface area contributed by atoms with Crippen molar-refractivity contribution in [3.05, 3.63) is 0 Å². The summed E-state index contributed by atoms with van der Waals surface area (Å²) in [5.74, 6) is 0.835. The Bertz CT molecular complexity index is 213. The molecule has 0 aromatic heterocycles. The van der Waals surface area contributed by atoms with Crippen LogP contribution >= 0.6 is 35.7 Å². The van der Waals surface area contributed by atoms with Crippen molar-refractivity contribution in [3.63, 3.8) is 0 Å². The fourth-order valence-corrected chi connectivity index (χ4v) is 1.19. The molecule has 0 fully saturated rings. The van der Waals surface area contributed by atoms with Crippen molar-refractivity contribution >= 4 is 41.7 Å². The standard InChI is InChI=1S/C11H25N3OS.HI/c1-6-15-8-7-13-10(12-4)14-9-11(2,3)16-5;/h6-9H2,1-5H3,(H2,12,13,14);1H. The van der Waals surface area contributed by atoms with Gasteiger partial charge in [0.05, 0.1) is 6.61 Å². The highest BCUT2D eigenvalue weighted by Gasteiger charge is 2.15. The summed E-state index contributed by atoms with van der Waals surface area (Å²) in [5, 5.41) is 6.51. The highest BCUT2D eigenvalue weighted by atomic mass is 127. The van der Waals surface area contributed by atoms with E-state index in [0.717, 1.165) is 25.7 Å². The molecule has 0 radical (unpaired) electrons. The molecule has 6 heteroatoms. The second kappa shape index (κ2) is 11.4. The SMILES string of the molecule is CCOCCNC(=NC)NCC(C)(C)SC.I. The number of aliphatic imine (C=N–C) groups is 1. The van der Waals surface area contributed by atoms with E-state index in [1.807, 2.05) is 18.7 Å². The zero-order valence-electron chi connectivity index (χ0n) is 11.5. The van der Waals surface area contributed by atoms with Crippen molar-refractivity contribution in [2.45, 2.75) is 25.5 Å². The summed E-state index contributed by atoms with van der Waals surface area (Å²) in [4.78, 5) is 4.15. The average Bonchev–Trinajstić information content (AvgIpc) is 2.28. The van der Waals surface area contributed by atoms with Gasteiger partial charge in [0.1, 0.15) is 0 Å². The summed E-state index contributed by atoms with van der Waals surface area (Å²) >= 11 is 1.84. The van der Waals surface area contributed by atoms with E-state index in [9.17, 15) is 0 Å². The first kappa shape index (κ1) is 19.6. The monoisotopic (exact) mass is 375 g/mol. The average molecular weight is 375 g/mol. The molecule has 0 amide bonds. The minimum Gasteiger partial charge on any atom is -0.380 e. The first-order chi connectivity index (χ1) is 7.55. The van der Waals surface area contributed by atoms with E-state index in [1.165, 1.54) is 0 Å². The van der Waals surface area contributed by atoms with Gasteiger partial charge in [-0.25, -0.2) is 0 Å². The molecular weight excluding hydrogens is 349 g/mol. The van der Waals surface area contributed by atoms with Crippen LogP contribution in [0.3, 0.4) is 0 Å². The van der Waals surface area contributed by atoms with Crippen LogP contribution in [0.2, 0.25) is 0 Å². The molecule has 0 rings (SSSR count). The van der Waals surface area contributed by atoms with Gasteiger partial charge in [-0.15, -0.1) is 24.0 Å². The van der Waals surface area contributed by atoms with Gasteiger partial charge in [-0.2, -0.15) is 11.8 Å². The molecule has 4 nitrogen and oxygen atoms in total. The Morgan fingerprint density at radius 1 is 1.35 bits per heavy atom. The number of guanidine groups is 1. The van der Waals surface area contributed by atoms with Gasteiger partial charge in [-0.1, -0.05) is 0 Å². The molecule has 0 spiro atoms. The zero-order valence-corrected chi connectivity index (χ0v) is 14.6. The third-order valence-electron chi connectivity index (χ3n) is 2.20. The van der Waals surface area contributed by atoms with Crippen molar-refractivity contribution in [2.75, 3.05) is 39.6 Å². The van der Waals surface area contributed by atoms with Crippen LogP contribution in [-0.2, 0) is 4.74 Å². The summed E-state index contributed by atoms with van der Waals surface area (Å²) in [5.41, 5.74) is 0. The van der Waals surface area contributed by atoms with Gasteiger partial charge in [-0.05, 0) is 27.0 Å². The Morgan fingerprint density at radius 2 is 2.00 bits per heavy atom. The topological polar surface area (TPSA) is 45.6 Å². The van der Waals surface area contributed by atoms with Crippen LogP contribution in [0.1, 0.15) is 20.8 Å². The number of halogens is 1. The van der Waals surface area contributed by atoms with E-state index in [4.69, 9.17) is 4.74 Å². The Labute approximate surface area is 127 Å². The molecule has 104 valence electrons. The molecule has 0 aliphatic heterocycles. The fraction of sp³-hybridized carbons (Fsp3) is 0.909. The lowest BCUT2D eigenvalue weighted by Crippen LogP contribution is -2.44. The van der Waals surface area contributed by atoms with Gasteiger partial charge in [0.15, 0.2) is 5.96 Å². The number of hydrogen-bond donors (Lipinski definition) is 2. The van der Waals surface area contributed by atoms with Crippen LogP contribution in [0.5, 0.6) is 0 Å². The van der Waals surface area contributed by atoms with Gasteiger partial charge >= 0.3 is 0 Å². The van der Waals surface area contributed by atoms with Crippen LogP contribution in [0.15, 0.2) is 4.99 Å². The largest absolute Gasteiger partial charge is 0.380 e. The summed E-state index contributed by atoms with van der Waals surface area (Å²) in [7, 11) is 1.78. The lowest BCUT2D eigenvalue weighted by molar-refractivity contribution is 0.152. The van der Waals surface area contributed by atoms with Gasteiger partial charge in [0.25, 0.3) is 0 Å². The summed E-state index contributed by atoms with van der Waals surface area (Å²) in [6.07, 6.45) is 2.12. The predicted octanol–water partition coefficient (Wildman–Crippen LogP) is 1.95. The molecule has 0 heterocycles. The van der Waals surface area contributed by atoms with Crippen LogP contribution < -0.4 is 10.6 Å². The number of thioether (sulfide) groups is 1. The quantitative estimate of drug-likeness (QED) is 0.309. The van der Waals surface area contributed by atoms with E-state index >= 15 is 0 Å². The molecule has 0 atom stereocenters. The van der Waals surface area contributed by atoms with E-state index in [2.05, 4.69) is 35.7 Å². The Hall–Kier alpha value is 0.310. The first-order valence-corrected chi connectivity index (χ1v) is 6.85. The Kier molecular flexibility index (Phi) is 13.2. The van der Waals surface area contributed by atoms with Crippen LogP contribution in [0, 0.1) is 0 Å². The lowest BCUT2D eigenvalue weighted by Gasteiger charge is -2.23. The number of rotatable bonds is 7. The van der Waals surface area contributed by atoms with Crippen molar-refractivity contribution in [1.82, 2.24) is 10.6 Å². The van der Waals surface area contributed by atoms with E-state index in [1.54, 1.807) is 7.05 Å². The fourth-order valence-electron chi connectivity index (χ4n) is 0.975. The van der Waals surface area contributed by atoms with E-state index in [0.29, 0.717) is 6.61 Å². The molecule has 0 aliphatic rings. The van der Waals surface area contributed by atoms with Crippen LogP contribution in [0.4, 0.5) is 0 Å². The minimum atomic E-state index is 0. The summed E-state index contributed by atoms with van der Waals surface area (Å²) in [6, 6.07) is 0. The summed E-state index contributed by atoms with van der Waals surface area (Å²) in [6.45, 7) is 9.55. The number of hydrogen-bond acceptors (Lipinski definition) is 3. The van der Waals surface area contributed by atoms with Gasteiger partial charge in [0, 0.05) is 31.5 Å². The van der Waals surface area contributed by atoms with Crippen molar-refractivity contribution < 1.29 is 4.74 Å². The Morgan fingerprint density at radius 3 is 2.47 bits per heavy atom. The normalized spacial score (nSPS) is 11.9. The van der Waals surface area contributed by atoms with Crippen molar-refractivity contribution in [1.29, 1.82) is 0 Å². The molecule has 2 N–H and O–H groups in total.